The number of thiazole rings is 1. The van der Waals surface area contributed by atoms with Crippen LogP contribution in [-0.2, 0) is 9.59 Å². The number of carbonyl (C=O) groups is 2. The number of nitrogens with zero attached hydrogens (tertiary/aromatic N) is 3. The summed E-state index contributed by atoms with van der Waals surface area (Å²) >= 11 is 1.71. The van der Waals surface area contributed by atoms with Gasteiger partial charge in [-0.25, -0.2) is 4.98 Å². The number of likely N-dealkylation sites (tertiary alicyclic amines) is 1. The Morgan fingerprint density at radius 2 is 2.12 bits per heavy atom. The van der Waals surface area contributed by atoms with E-state index in [1.165, 1.54) is 9.60 Å². The lowest BCUT2D eigenvalue weighted by Gasteiger charge is -2.34. The molecule has 2 atom stereocenters. The van der Waals surface area contributed by atoms with Gasteiger partial charge >= 0.3 is 0 Å². The molecule has 1 saturated heterocycles. The van der Waals surface area contributed by atoms with E-state index in [9.17, 15) is 9.59 Å². The van der Waals surface area contributed by atoms with Crippen molar-refractivity contribution >= 4 is 33.4 Å². The lowest BCUT2D eigenvalue weighted by molar-refractivity contribution is -0.134. The van der Waals surface area contributed by atoms with Crippen molar-refractivity contribution in [1.29, 1.82) is 0 Å². The second kappa shape index (κ2) is 8.14. The summed E-state index contributed by atoms with van der Waals surface area (Å²) < 4.78 is 1.18. The molecule has 0 bridgehead atoms. The quantitative estimate of drug-likeness (QED) is 0.873. The Bertz CT molecular complexity index is 756. The van der Waals surface area contributed by atoms with Crippen molar-refractivity contribution in [2.24, 2.45) is 0 Å². The summed E-state index contributed by atoms with van der Waals surface area (Å²) in [7, 11) is 3.39. The molecule has 0 saturated carbocycles. The Kier molecular flexibility index (Phi) is 5.88. The minimum absolute atomic E-state index is 0.0975. The van der Waals surface area contributed by atoms with Crippen LogP contribution in [0.25, 0.3) is 10.2 Å². The van der Waals surface area contributed by atoms with Crippen LogP contribution in [0.5, 0.6) is 0 Å². The van der Waals surface area contributed by atoms with Crippen LogP contribution in [0, 0.1) is 0 Å². The lowest BCUT2D eigenvalue weighted by atomic mass is 10.0. The van der Waals surface area contributed by atoms with Crippen LogP contribution < -0.4 is 5.32 Å². The summed E-state index contributed by atoms with van der Waals surface area (Å²) in [4.78, 5) is 32.9. The molecule has 1 aromatic heterocycles. The molecule has 6 nitrogen and oxygen atoms in total. The number of likely N-dealkylation sites (N-methyl/N-ethyl adjacent to an activating group) is 1. The third-order valence-corrected chi connectivity index (χ3v) is 5.88. The summed E-state index contributed by atoms with van der Waals surface area (Å²) in [5, 5.41) is 3.90. The van der Waals surface area contributed by atoms with Gasteiger partial charge in [-0.15, -0.1) is 11.3 Å². The van der Waals surface area contributed by atoms with Crippen molar-refractivity contribution < 1.29 is 9.59 Å². The van der Waals surface area contributed by atoms with E-state index in [4.69, 9.17) is 4.98 Å². The van der Waals surface area contributed by atoms with Crippen molar-refractivity contribution in [1.82, 2.24) is 20.1 Å². The number of carbonyl (C=O) groups excluding carboxylic acids is 2. The molecule has 1 N–H and O–H groups in total. The maximum atomic E-state index is 12.5. The SMILES string of the molecule is CC(NC(=O)CN1CCCCC1c1nc2ccccc2s1)C(=O)N(C)C. The number of amides is 2. The van der Waals surface area contributed by atoms with Crippen molar-refractivity contribution in [3.63, 3.8) is 0 Å². The minimum Gasteiger partial charge on any atom is -0.347 e. The first-order valence-electron chi connectivity index (χ1n) is 9.05. The Morgan fingerprint density at radius 1 is 1.35 bits per heavy atom. The summed E-state index contributed by atoms with van der Waals surface area (Å²) in [6.45, 7) is 2.90. The molecule has 1 fully saturated rings. The molecular weight excluding hydrogens is 348 g/mol. The molecule has 26 heavy (non-hydrogen) atoms. The van der Waals surface area contributed by atoms with Gasteiger partial charge in [0.1, 0.15) is 11.0 Å². The van der Waals surface area contributed by atoms with Crippen LogP contribution in [0.4, 0.5) is 0 Å². The van der Waals surface area contributed by atoms with E-state index < -0.39 is 6.04 Å². The van der Waals surface area contributed by atoms with Crippen LogP contribution in [0.15, 0.2) is 24.3 Å². The van der Waals surface area contributed by atoms with Gasteiger partial charge in [0.05, 0.1) is 22.8 Å². The molecule has 0 spiro atoms. The van der Waals surface area contributed by atoms with Gasteiger partial charge in [-0.1, -0.05) is 18.6 Å². The Labute approximate surface area is 158 Å². The molecule has 2 heterocycles. The molecule has 1 aliphatic rings. The van der Waals surface area contributed by atoms with Crippen molar-refractivity contribution in [3.8, 4) is 0 Å². The molecule has 140 valence electrons. The highest BCUT2D eigenvalue weighted by Gasteiger charge is 2.29. The first kappa shape index (κ1) is 18.8. The summed E-state index contributed by atoms with van der Waals surface area (Å²) in [6.07, 6.45) is 3.24. The Morgan fingerprint density at radius 3 is 2.85 bits per heavy atom. The smallest absolute Gasteiger partial charge is 0.244 e. The molecule has 0 aliphatic carbocycles. The molecule has 2 amide bonds. The van der Waals surface area contributed by atoms with Crippen LogP contribution in [0.3, 0.4) is 0 Å². The van der Waals surface area contributed by atoms with E-state index in [-0.39, 0.29) is 17.9 Å². The molecule has 1 aromatic carbocycles. The zero-order valence-corrected chi connectivity index (χ0v) is 16.4. The average molecular weight is 375 g/mol. The van der Waals surface area contributed by atoms with Gasteiger partial charge in [-0.2, -0.15) is 0 Å². The van der Waals surface area contributed by atoms with E-state index in [1.807, 2.05) is 18.2 Å². The maximum absolute atomic E-state index is 12.5. The number of para-hydroxylation sites is 1. The first-order valence-corrected chi connectivity index (χ1v) is 9.87. The van der Waals surface area contributed by atoms with Crippen molar-refractivity contribution in [3.05, 3.63) is 29.3 Å². The van der Waals surface area contributed by atoms with E-state index in [0.29, 0.717) is 6.54 Å². The van der Waals surface area contributed by atoms with Crippen LogP contribution in [0.1, 0.15) is 37.2 Å². The highest BCUT2D eigenvalue weighted by molar-refractivity contribution is 7.18. The van der Waals surface area contributed by atoms with Gasteiger partial charge in [-0.3, -0.25) is 14.5 Å². The van der Waals surface area contributed by atoms with Gasteiger partial charge < -0.3 is 10.2 Å². The van der Waals surface area contributed by atoms with Crippen LogP contribution in [-0.4, -0.2) is 59.8 Å². The van der Waals surface area contributed by atoms with E-state index in [1.54, 1.807) is 32.4 Å². The zero-order valence-electron chi connectivity index (χ0n) is 15.6. The van der Waals surface area contributed by atoms with E-state index in [0.717, 1.165) is 36.3 Å². The summed E-state index contributed by atoms with van der Waals surface area (Å²) in [5.41, 5.74) is 1.02. The number of fused-ring (bicyclic) bond motifs is 1. The number of nitrogens with one attached hydrogen (secondary N) is 1. The predicted molar refractivity (Wildman–Crippen MR) is 104 cm³/mol. The van der Waals surface area contributed by atoms with E-state index >= 15 is 0 Å². The van der Waals surface area contributed by atoms with Crippen LogP contribution >= 0.6 is 11.3 Å². The molecule has 2 unspecified atom stereocenters. The number of hydrogen-bond donors (Lipinski definition) is 1. The monoisotopic (exact) mass is 374 g/mol. The number of piperidine rings is 1. The minimum atomic E-state index is -0.511. The average Bonchev–Trinajstić information content (AvgIpc) is 3.05. The second-order valence-electron chi connectivity index (χ2n) is 7.02. The largest absolute Gasteiger partial charge is 0.347 e. The van der Waals surface area contributed by atoms with Gasteiger partial charge in [0.15, 0.2) is 0 Å². The maximum Gasteiger partial charge on any atom is 0.244 e. The number of benzene rings is 1. The molecule has 1 aliphatic heterocycles. The third kappa shape index (κ3) is 4.22. The zero-order chi connectivity index (χ0) is 18.7. The fourth-order valence-electron chi connectivity index (χ4n) is 3.41. The fourth-order valence-corrected chi connectivity index (χ4v) is 4.55. The first-order chi connectivity index (χ1) is 12.5. The predicted octanol–water partition coefficient (Wildman–Crippen LogP) is 2.42. The number of aromatic nitrogens is 1. The van der Waals surface area contributed by atoms with Gasteiger partial charge in [0.2, 0.25) is 11.8 Å². The second-order valence-corrected chi connectivity index (χ2v) is 8.09. The molecule has 0 radical (unpaired) electrons. The summed E-state index contributed by atoms with van der Waals surface area (Å²) in [6, 6.07) is 7.81. The molecule has 2 aromatic rings. The highest BCUT2D eigenvalue weighted by atomic mass is 32.1. The molecule has 3 rings (SSSR count). The standard InChI is InChI=1S/C19H26N4O2S/c1-13(19(25)22(2)3)20-17(24)12-23-11-7-6-9-15(23)18-21-14-8-4-5-10-16(14)26-18/h4-5,8,10,13,15H,6-7,9,11-12H2,1-3H3,(H,20,24). The lowest BCUT2D eigenvalue weighted by Crippen LogP contribution is -2.48. The van der Waals surface area contributed by atoms with Crippen molar-refractivity contribution in [2.45, 2.75) is 38.3 Å². The molecular formula is C19H26N4O2S. The number of rotatable bonds is 5. The highest BCUT2D eigenvalue weighted by Crippen LogP contribution is 2.35. The Hall–Kier alpha value is -1.99. The topological polar surface area (TPSA) is 65.5 Å². The van der Waals surface area contributed by atoms with E-state index in [2.05, 4.69) is 16.3 Å². The third-order valence-electron chi connectivity index (χ3n) is 4.74. The Balaban J connectivity index is 1.69. The van der Waals surface area contributed by atoms with Gasteiger partial charge in [0.25, 0.3) is 0 Å². The number of hydrogen-bond acceptors (Lipinski definition) is 5. The fraction of sp³-hybridized carbons (Fsp3) is 0.526. The van der Waals surface area contributed by atoms with Gasteiger partial charge in [-0.05, 0) is 38.4 Å². The molecule has 7 heteroatoms. The van der Waals surface area contributed by atoms with Crippen molar-refractivity contribution in [2.75, 3.05) is 27.2 Å². The summed E-state index contributed by atoms with van der Waals surface area (Å²) in [5.74, 6) is -0.208. The normalized spacial score (nSPS) is 19.3. The van der Waals surface area contributed by atoms with Gasteiger partial charge in [0, 0.05) is 14.1 Å². The van der Waals surface area contributed by atoms with Crippen LogP contribution in [0.2, 0.25) is 0 Å².